The van der Waals surface area contributed by atoms with E-state index in [2.05, 4.69) is 81.5 Å². The Labute approximate surface area is 155 Å². The highest BCUT2D eigenvalue weighted by Crippen LogP contribution is 2.31. The van der Waals surface area contributed by atoms with Crippen molar-refractivity contribution < 1.29 is 0 Å². The average molecular weight is 386 g/mol. The number of hydrogen-bond donors (Lipinski definition) is 0. The van der Waals surface area contributed by atoms with Crippen molar-refractivity contribution in [3.8, 4) is 0 Å². The third kappa shape index (κ3) is 5.19. The summed E-state index contributed by atoms with van der Waals surface area (Å²) in [6.07, 6.45) is 6.80. The Bertz CT molecular complexity index is 534. The number of halogens is 1. The van der Waals surface area contributed by atoms with Gasteiger partial charge < -0.3 is 0 Å². The van der Waals surface area contributed by atoms with E-state index in [1.54, 1.807) is 0 Å². The van der Waals surface area contributed by atoms with E-state index in [4.69, 9.17) is 0 Å². The number of nitrogens with zero attached hydrogens (tertiary/aromatic N) is 1. The molecule has 0 bridgehead atoms. The fourth-order valence-electron chi connectivity index (χ4n) is 3.90. The smallest absolute Gasteiger partial charge is 0.0240 e. The molecule has 0 heterocycles. The van der Waals surface area contributed by atoms with Gasteiger partial charge in [-0.2, -0.15) is 0 Å². The van der Waals surface area contributed by atoms with Crippen LogP contribution in [0.3, 0.4) is 0 Å². The fourth-order valence-corrected chi connectivity index (χ4v) is 4.55. The molecule has 1 aliphatic carbocycles. The minimum absolute atomic E-state index is 0.719. The van der Waals surface area contributed by atoms with Gasteiger partial charge in [0, 0.05) is 24.5 Å². The zero-order valence-corrected chi connectivity index (χ0v) is 16.0. The van der Waals surface area contributed by atoms with Crippen LogP contribution in [0.5, 0.6) is 0 Å². The van der Waals surface area contributed by atoms with Gasteiger partial charge in [0.2, 0.25) is 0 Å². The maximum Gasteiger partial charge on any atom is 0.0240 e. The standard InChI is InChI=1S/C22H28BrN/c23-16-15-19-11-13-22(14-12-19)24(17-20-7-3-1-4-8-20)18-21-9-5-2-6-10-21/h1-10,19,22H,11-18H2/t19-,22-. The highest BCUT2D eigenvalue weighted by molar-refractivity contribution is 9.09. The van der Waals surface area contributed by atoms with Crippen molar-refractivity contribution in [3.05, 3.63) is 71.8 Å². The second-order valence-electron chi connectivity index (χ2n) is 7.03. The molecule has 0 unspecified atom stereocenters. The van der Waals surface area contributed by atoms with E-state index in [9.17, 15) is 0 Å². The van der Waals surface area contributed by atoms with Gasteiger partial charge in [-0.3, -0.25) is 4.90 Å². The maximum atomic E-state index is 3.61. The van der Waals surface area contributed by atoms with E-state index in [0.29, 0.717) is 0 Å². The Morgan fingerprint density at radius 3 is 1.71 bits per heavy atom. The first kappa shape index (κ1) is 17.7. The summed E-state index contributed by atoms with van der Waals surface area (Å²) in [7, 11) is 0. The van der Waals surface area contributed by atoms with Crippen LogP contribution in [-0.2, 0) is 13.1 Å². The lowest BCUT2D eigenvalue weighted by Gasteiger charge is -2.37. The molecule has 0 aromatic heterocycles. The average Bonchev–Trinajstić information content (AvgIpc) is 2.64. The van der Waals surface area contributed by atoms with Gasteiger partial charge in [-0.05, 0) is 49.1 Å². The molecule has 1 aliphatic rings. The molecule has 0 spiro atoms. The van der Waals surface area contributed by atoms with Crippen molar-refractivity contribution >= 4 is 15.9 Å². The van der Waals surface area contributed by atoms with Gasteiger partial charge >= 0.3 is 0 Å². The normalized spacial score (nSPS) is 21.1. The van der Waals surface area contributed by atoms with Gasteiger partial charge in [0.25, 0.3) is 0 Å². The highest BCUT2D eigenvalue weighted by atomic mass is 79.9. The van der Waals surface area contributed by atoms with Crippen molar-refractivity contribution in [1.82, 2.24) is 4.90 Å². The lowest BCUT2D eigenvalue weighted by atomic mass is 9.83. The van der Waals surface area contributed by atoms with Crippen LogP contribution >= 0.6 is 15.9 Å². The van der Waals surface area contributed by atoms with Crippen LogP contribution in [-0.4, -0.2) is 16.3 Å². The molecule has 2 aromatic rings. The fraction of sp³-hybridized carbons (Fsp3) is 0.455. The summed E-state index contributed by atoms with van der Waals surface area (Å²) in [5, 5.41) is 1.15. The summed E-state index contributed by atoms with van der Waals surface area (Å²) >= 11 is 3.61. The SMILES string of the molecule is BrCC[C@H]1CC[C@H](N(Cc2ccccc2)Cc2ccccc2)CC1. The summed E-state index contributed by atoms with van der Waals surface area (Å²) in [5.41, 5.74) is 2.85. The van der Waals surface area contributed by atoms with Gasteiger partial charge in [-0.1, -0.05) is 76.6 Å². The van der Waals surface area contributed by atoms with Crippen LogP contribution in [0.25, 0.3) is 0 Å². The molecule has 2 aromatic carbocycles. The lowest BCUT2D eigenvalue weighted by Crippen LogP contribution is -2.37. The molecule has 1 fully saturated rings. The summed E-state index contributed by atoms with van der Waals surface area (Å²) in [6, 6.07) is 22.6. The summed E-state index contributed by atoms with van der Waals surface area (Å²) in [4.78, 5) is 2.70. The van der Waals surface area contributed by atoms with E-state index < -0.39 is 0 Å². The number of alkyl halides is 1. The second-order valence-corrected chi connectivity index (χ2v) is 7.82. The van der Waals surface area contributed by atoms with Crippen molar-refractivity contribution in [2.24, 2.45) is 5.92 Å². The molecule has 3 rings (SSSR count). The van der Waals surface area contributed by atoms with E-state index >= 15 is 0 Å². The van der Waals surface area contributed by atoms with E-state index in [1.165, 1.54) is 43.2 Å². The molecule has 128 valence electrons. The van der Waals surface area contributed by atoms with Crippen molar-refractivity contribution in [2.45, 2.75) is 51.2 Å². The number of rotatable bonds is 7. The van der Waals surface area contributed by atoms with Crippen LogP contribution in [0.2, 0.25) is 0 Å². The first-order chi connectivity index (χ1) is 11.8. The summed E-state index contributed by atoms with van der Waals surface area (Å²) < 4.78 is 0. The number of benzene rings is 2. The predicted octanol–water partition coefficient (Wildman–Crippen LogP) is 6.03. The molecule has 0 amide bonds. The molecule has 2 heteroatoms. The van der Waals surface area contributed by atoms with Crippen LogP contribution in [0.15, 0.2) is 60.7 Å². The minimum atomic E-state index is 0.719. The zero-order chi connectivity index (χ0) is 16.6. The van der Waals surface area contributed by atoms with Crippen molar-refractivity contribution in [2.75, 3.05) is 5.33 Å². The highest BCUT2D eigenvalue weighted by Gasteiger charge is 2.25. The molecule has 0 aliphatic heterocycles. The van der Waals surface area contributed by atoms with Crippen molar-refractivity contribution in [1.29, 1.82) is 0 Å². The minimum Gasteiger partial charge on any atom is -0.292 e. The molecule has 1 saturated carbocycles. The number of hydrogen-bond acceptors (Lipinski definition) is 1. The Balaban J connectivity index is 1.67. The largest absolute Gasteiger partial charge is 0.292 e. The predicted molar refractivity (Wildman–Crippen MR) is 106 cm³/mol. The van der Waals surface area contributed by atoms with E-state index in [1.807, 2.05) is 0 Å². The summed E-state index contributed by atoms with van der Waals surface area (Å²) in [6.45, 7) is 2.12. The Kier molecular flexibility index (Phi) is 6.92. The van der Waals surface area contributed by atoms with Crippen molar-refractivity contribution in [3.63, 3.8) is 0 Å². The van der Waals surface area contributed by atoms with Crippen LogP contribution in [0.1, 0.15) is 43.2 Å². The lowest BCUT2D eigenvalue weighted by molar-refractivity contribution is 0.121. The van der Waals surface area contributed by atoms with Gasteiger partial charge in [0.1, 0.15) is 0 Å². The molecular formula is C22H28BrN. The molecule has 0 atom stereocenters. The van der Waals surface area contributed by atoms with Crippen LogP contribution in [0, 0.1) is 5.92 Å². The first-order valence-electron chi connectivity index (χ1n) is 9.23. The van der Waals surface area contributed by atoms with E-state index in [0.717, 1.165) is 30.4 Å². The maximum absolute atomic E-state index is 3.61. The Morgan fingerprint density at radius 1 is 0.750 bits per heavy atom. The quantitative estimate of drug-likeness (QED) is 0.525. The monoisotopic (exact) mass is 385 g/mol. The van der Waals surface area contributed by atoms with Gasteiger partial charge in [-0.25, -0.2) is 0 Å². The third-order valence-corrected chi connectivity index (χ3v) is 5.76. The second kappa shape index (κ2) is 9.39. The molecule has 0 N–H and O–H groups in total. The Morgan fingerprint density at radius 2 is 1.25 bits per heavy atom. The summed E-state index contributed by atoms with van der Waals surface area (Å²) in [5.74, 6) is 0.927. The van der Waals surface area contributed by atoms with Gasteiger partial charge in [0.15, 0.2) is 0 Å². The first-order valence-corrected chi connectivity index (χ1v) is 10.3. The molecule has 0 radical (unpaired) electrons. The zero-order valence-electron chi connectivity index (χ0n) is 14.4. The van der Waals surface area contributed by atoms with E-state index in [-0.39, 0.29) is 0 Å². The Hall–Kier alpha value is -1.12. The van der Waals surface area contributed by atoms with Crippen LogP contribution < -0.4 is 0 Å². The molecular weight excluding hydrogens is 358 g/mol. The molecule has 1 nitrogen and oxygen atoms in total. The van der Waals surface area contributed by atoms with Crippen LogP contribution in [0.4, 0.5) is 0 Å². The molecule has 24 heavy (non-hydrogen) atoms. The molecule has 0 saturated heterocycles. The topological polar surface area (TPSA) is 3.24 Å². The van der Waals surface area contributed by atoms with Gasteiger partial charge in [0.05, 0.1) is 0 Å². The third-order valence-electron chi connectivity index (χ3n) is 5.31. The van der Waals surface area contributed by atoms with Gasteiger partial charge in [-0.15, -0.1) is 0 Å².